The minimum absolute atomic E-state index is 0.180. The largest absolute Gasteiger partial charge is 0.467 e. The number of likely N-dealkylation sites (tertiary alicyclic amines) is 1. The second-order valence-corrected chi connectivity index (χ2v) is 5.76. The van der Waals surface area contributed by atoms with Gasteiger partial charge in [0.2, 0.25) is 0 Å². The van der Waals surface area contributed by atoms with Crippen molar-refractivity contribution < 1.29 is 14.3 Å². The van der Waals surface area contributed by atoms with E-state index in [2.05, 4.69) is 5.32 Å². The first-order valence-corrected chi connectivity index (χ1v) is 7.42. The highest BCUT2D eigenvalue weighted by atomic mass is 16.3. The molecule has 5 nitrogen and oxygen atoms in total. The monoisotopic (exact) mass is 300 g/mol. The van der Waals surface area contributed by atoms with Gasteiger partial charge in [-0.2, -0.15) is 0 Å². The van der Waals surface area contributed by atoms with Crippen LogP contribution >= 0.6 is 0 Å². The van der Waals surface area contributed by atoms with Crippen LogP contribution < -0.4 is 5.32 Å². The molecule has 1 aliphatic heterocycles. The number of hydrogen-bond acceptors (Lipinski definition) is 3. The number of amides is 2. The predicted octanol–water partition coefficient (Wildman–Crippen LogP) is 2.39. The van der Waals surface area contributed by atoms with Crippen molar-refractivity contribution in [2.45, 2.75) is 25.5 Å². The third kappa shape index (κ3) is 2.85. The summed E-state index contributed by atoms with van der Waals surface area (Å²) in [5.41, 5.74) is 0.979. The molecule has 1 aromatic heterocycles. The molecule has 3 rings (SSSR count). The molecule has 1 fully saturated rings. The number of nitrogens with one attached hydrogen (secondary N) is 1. The van der Waals surface area contributed by atoms with Gasteiger partial charge in [0.25, 0.3) is 0 Å². The molecule has 2 aromatic rings. The third-order valence-electron chi connectivity index (χ3n) is 4.18. The molecule has 2 heterocycles. The van der Waals surface area contributed by atoms with Gasteiger partial charge in [0, 0.05) is 6.54 Å². The van der Waals surface area contributed by atoms with Gasteiger partial charge < -0.3 is 19.7 Å². The van der Waals surface area contributed by atoms with Crippen LogP contribution in [0.2, 0.25) is 0 Å². The first kappa shape index (κ1) is 14.7. The van der Waals surface area contributed by atoms with E-state index in [1.54, 1.807) is 17.2 Å². The van der Waals surface area contributed by atoms with Crippen molar-refractivity contribution in [3.8, 4) is 0 Å². The van der Waals surface area contributed by atoms with Crippen LogP contribution in [0.1, 0.15) is 23.3 Å². The lowest BCUT2D eigenvalue weighted by atomic mass is 9.89. The number of aryl methyl sites for hydroxylation is 1. The Hall–Kier alpha value is -2.27. The van der Waals surface area contributed by atoms with Gasteiger partial charge in [-0.05, 0) is 36.6 Å². The fraction of sp³-hybridized carbons (Fsp3) is 0.353. The smallest absolute Gasteiger partial charge is 0.317 e. The number of benzene rings is 1. The Balaban J connectivity index is 1.64. The number of carbonyl (C=O) groups excluding carboxylic acids is 1. The lowest BCUT2D eigenvalue weighted by Gasteiger charge is -2.25. The van der Waals surface area contributed by atoms with Crippen LogP contribution in [-0.2, 0) is 12.1 Å². The first-order valence-electron chi connectivity index (χ1n) is 7.42. The number of furan rings is 1. The van der Waals surface area contributed by atoms with Gasteiger partial charge in [0.1, 0.15) is 11.4 Å². The normalized spacial score (nSPS) is 21.1. The number of aliphatic hydroxyl groups is 1. The summed E-state index contributed by atoms with van der Waals surface area (Å²) in [6.45, 7) is 3.18. The summed E-state index contributed by atoms with van der Waals surface area (Å²) in [6.07, 6.45) is 2.13. The van der Waals surface area contributed by atoms with Gasteiger partial charge >= 0.3 is 6.03 Å². The Kier molecular flexibility index (Phi) is 3.90. The molecule has 0 aliphatic carbocycles. The minimum Gasteiger partial charge on any atom is -0.467 e. The van der Waals surface area contributed by atoms with Crippen molar-refractivity contribution in [1.82, 2.24) is 10.2 Å². The van der Waals surface area contributed by atoms with E-state index in [-0.39, 0.29) is 6.03 Å². The number of hydrogen-bond donors (Lipinski definition) is 2. The molecule has 5 heteroatoms. The van der Waals surface area contributed by atoms with Crippen molar-refractivity contribution in [2.75, 3.05) is 13.1 Å². The van der Waals surface area contributed by atoms with E-state index in [0.29, 0.717) is 31.8 Å². The molecule has 0 unspecified atom stereocenters. The molecule has 1 aliphatic rings. The summed E-state index contributed by atoms with van der Waals surface area (Å²) in [5.74, 6) is 0.710. The van der Waals surface area contributed by atoms with Gasteiger partial charge in [0.15, 0.2) is 0 Å². The van der Waals surface area contributed by atoms with Crippen LogP contribution in [0.5, 0.6) is 0 Å². The average Bonchev–Trinajstić information content (AvgIpc) is 3.15. The highest BCUT2D eigenvalue weighted by molar-refractivity contribution is 5.74. The maximum Gasteiger partial charge on any atom is 0.317 e. The summed E-state index contributed by atoms with van der Waals surface area (Å²) < 4.78 is 5.19. The van der Waals surface area contributed by atoms with Gasteiger partial charge in [-0.25, -0.2) is 4.79 Å². The van der Waals surface area contributed by atoms with E-state index in [1.807, 2.05) is 37.3 Å². The zero-order valence-corrected chi connectivity index (χ0v) is 12.6. The topological polar surface area (TPSA) is 65.7 Å². The fourth-order valence-electron chi connectivity index (χ4n) is 2.97. The second kappa shape index (κ2) is 5.85. The van der Waals surface area contributed by atoms with Crippen LogP contribution in [0.4, 0.5) is 4.79 Å². The van der Waals surface area contributed by atoms with Crippen molar-refractivity contribution in [1.29, 1.82) is 0 Å². The molecule has 116 valence electrons. The number of urea groups is 1. The molecule has 0 radical (unpaired) electrons. The maximum absolute atomic E-state index is 12.2. The molecule has 0 spiro atoms. The predicted molar refractivity (Wildman–Crippen MR) is 82.2 cm³/mol. The van der Waals surface area contributed by atoms with Crippen molar-refractivity contribution >= 4 is 6.03 Å². The van der Waals surface area contributed by atoms with Gasteiger partial charge in [-0.3, -0.25) is 0 Å². The van der Waals surface area contributed by atoms with E-state index >= 15 is 0 Å². The van der Waals surface area contributed by atoms with Crippen molar-refractivity contribution in [3.05, 3.63) is 59.5 Å². The Bertz CT molecular complexity index is 654. The van der Waals surface area contributed by atoms with E-state index in [9.17, 15) is 9.90 Å². The maximum atomic E-state index is 12.2. The summed E-state index contributed by atoms with van der Waals surface area (Å²) >= 11 is 0. The average molecular weight is 300 g/mol. The van der Waals surface area contributed by atoms with Crippen LogP contribution in [0.15, 0.2) is 47.1 Å². The number of rotatable bonds is 3. The SMILES string of the molecule is Cc1ccccc1[C@]1(O)CCN(C(=O)NCc2ccco2)C1. The number of carbonyl (C=O) groups is 1. The molecule has 1 atom stereocenters. The quantitative estimate of drug-likeness (QED) is 0.914. The summed E-state index contributed by atoms with van der Waals surface area (Å²) in [6, 6.07) is 11.2. The second-order valence-electron chi connectivity index (χ2n) is 5.76. The Labute approximate surface area is 129 Å². The molecule has 0 bridgehead atoms. The summed E-state index contributed by atoms with van der Waals surface area (Å²) in [4.78, 5) is 13.9. The Morgan fingerprint density at radius 3 is 2.91 bits per heavy atom. The van der Waals surface area contributed by atoms with Crippen LogP contribution in [-0.4, -0.2) is 29.1 Å². The molecular formula is C17H20N2O3. The lowest BCUT2D eigenvalue weighted by Crippen LogP contribution is -2.40. The van der Waals surface area contributed by atoms with Crippen molar-refractivity contribution in [2.24, 2.45) is 0 Å². The van der Waals surface area contributed by atoms with Crippen LogP contribution in [0, 0.1) is 6.92 Å². The lowest BCUT2D eigenvalue weighted by molar-refractivity contribution is 0.0487. The minimum atomic E-state index is -0.965. The number of β-amino-alcohol motifs (C(OH)–C–C–N with tert-alkyl or cyclic N) is 1. The first-order chi connectivity index (χ1) is 10.6. The molecule has 1 saturated heterocycles. The fourth-order valence-corrected chi connectivity index (χ4v) is 2.97. The van der Waals surface area contributed by atoms with E-state index in [0.717, 1.165) is 11.1 Å². The van der Waals surface area contributed by atoms with E-state index < -0.39 is 5.60 Å². The zero-order chi connectivity index (χ0) is 15.6. The van der Waals surface area contributed by atoms with Crippen molar-refractivity contribution in [3.63, 3.8) is 0 Å². The summed E-state index contributed by atoms with van der Waals surface area (Å²) in [5, 5.41) is 13.7. The van der Waals surface area contributed by atoms with E-state index in [4.69, 9.17) is 4.42 Å². The molecule has 2 amide bonds. The van der Waals surface area contributed by atoms with Gasteiger partial charge in [-0.15, -0.1) is 0 Å². The Morgan fingerprint density at radius 1 is 1.36 bits per heavy atom. The highest BCUT2D eigenvalue weighted by Gasteiger charge is 2.40. The van der Waals surface area contributed by atoms with Crippen LogP contribution in [0.25, 0.3) is 0 Å². The van der Waals surface area contributed by atoms with Crippen LogP contribution in [0.3, 0.4) is 0 Å². The van der Waals surface area contributed by atoms with Gasteiger partial charge in [-0.1, -0.05) is 24.3 Å². The molecule has 0 saturated carbocycles. The summed E-state index contributed by atoms with van der Waals surface area (Å²) in [7, 11) is 0. The zero-order valence-electron chi connectivity index (χ0n) is 12.6. The number of nitrogens with zero attached hydrogens (tertiary/aromatic N) is 1. The standard InChI is InChI=1S/C17H20N2O3/c1-13-5-2-3-7-15(13)17(21)8-9-19(12-17)16(20)18-11-14-6-4-10-22-14/h2-7,10,21H,8-9,11-12H2,1H3,(H,18,20)/t17-/m0/s1. The Morgan fingerprint density at radius 2 is 2.18 bits per heavy atom. The molecule has 2 N–H and O–H groups in total. The molecule has 1 aromatic carbocycles. The van der Waals surface area contributed by atoms with E-state index in [1.165, 1.54) is 0 Å². The van der Waals surface area contributed by atoms with Gasteiger partial charge in [0.05, 0.1) is 19.4 Å². The highest BCUT2D eigenvalue weighted by Crippen LogP contribution is 2.33. The third-order valence-corrected chi connectivity index (χ3v) is 4.18. The molecule has 22 heavy (non-hydrogen) atoms. The molecular weight excluding hydrogens is 280 g/mol.